The summed E-state index contributed by atoms with van der Waals surface area (Å²) in [6, 6.07) is 13.5. The lowest BCUT2D eigenvalue weighted by molar-refractivity contribution is -0.128. The van der Waals surface area contributed by atoms with E-state index in [1.54, 1.807) is 6.92 Å². The number of carbonyl (C=O) groups is 2. The van der Waals surface area contributed by atoms with E-state index in [1.807, 2.05) is 56.3 Å². The molecule has 0 unspecified atom stereocenters. The van der Waals surface area contributed by atoms with E-state index < -0.39 is 6.04 Å². The Kier molecular flexibility index (Phi) is 5.74. The van der Waals surface area contributed by atoms with E-state index in [4.69, 9.17) is 0 Å². The average molecular weight is 312 g/mol. The summed E-state index contributed by atoms with van der Waals surface area (Å²) in [5, 5.41) is 7.83. The van der Waals surface area contributed by atoms with Gasteiger partial charge >= 0.3 is 0 Å². The SMILES string of the molecule is CC[C@@H](C)NC(=O)[C@H](C)NC(=O)Cc1cccc2ccccc12. The molecule has 2 aromatic carbocycles. The van der Waals surface area contributed by atoms with Crippen molar-refractivity contribution < 1.29 is 9.59 Å². The van der Waals surface area contributed by atoms with Crippen LogP contribution in [0.1, 0.15) is 32.8 Å². The molecule has 122 valence electrons. The summed E-state index contributed by atoms with van der Waals surface area (Å²) in [7, 11) is 0. The summed E-state index contributed by atoms with van der Waals surface area (Å²) in [4.78, 5) is 24.2. The molecule has 0 aliphatic carbocycles. The molecule has 0 aromatic heterocycles. The van der Waals surface area contributed by atoms with E-state index in [-0.39, 0.29) is 24.3 Å². The standard InChI is InChI=1S/C19H24N2O2/c1-4-13(2)20-19(23)14(3)21-18(22)12-16-10-7-9-15-8-5-6-11-17(15)16/h5-11,13-14H,4,12H2,1-3H3,(H,20,23)(H,21,22)/t13-,14+/m1/s1. The lowest BCUT2D eigenvalue weighted by atomic mass is 10.0. The van der Waals surface area contributed by atoms with E-state index in [9.17, 15) is 9.59 Å². The summed E-state index contributed by atoms with van der Waals surface area (Å²) in [5.41, 5.74) is 0.968. The number of fused-ring (bicyclic) bond motifs is 1. The number of benzene rings is 2. The number of hydrogen-bond acceptors (Lipinski definition) is 2. The summed E-state index contributed by atoms with van der Waals surface area (Å²) < 4.78 is 0. The van der Waals surface area contributed by atoms with Crippen molar-refractivity contribution in [3.8, 4) is 0 Å². The van der Waals surface area contributed by atoms with Gasteiger partial charge in [-0.1, -0.05) is 49.4 Å². The van der Waals surface area contributed by atoms with Crippen molar-refractivity contribution >= 4 is 22.6 Å². The van der Waals surface area contributed by atoms with Crippen LogP contribution in [-0.2, 0) is 16.0 Å². The normalized spacial score (nSPS) is 13.3. The molecule has 4 nitrogen and oxygen atoms in total. The molecular formula is C19H24N2O2. The van der Waals surface area contributed by atoms with Crippen molar-refractivity contribution in [2.45, 2.75) is 45.7 Å². The van der Waals surface area contributed by atoms with Crippen LogP contribution in [0.4, 0.5) is 0 Å². The fraction of sp³-hybridized carbons (Fsp3) is 0.368. The highest BCUT2D eigenvalue weighted by Crippen LogP contribution is 2.18. The Bertz CT molecular complexity index is 691. The highest BCUT2D eigenvalue weighted by Gasteiger charge is 2.17. The Morgan fingerprint density at radius 3 is 2.43 bits per heavy atom. The van der Waals surface area contributed by atoms with E-state index in [2.05, 4.69) is 10.6 Å². The molecule has 2 rings (SSSR count). The molecule has 2 aromatic rings. The second-order valence-electron chi connectivity index (χ2n) is 5.92. The molecule has 0 radical (unpaired) electrons. The molecule has 0 saturated heterocycles. The molecule has 2 atom stereocenters. The molecule has 2 amide bonds. The second kappa shape index (κ2) is 7.77. The first-order valence-electron chi connectivity index (χ1n) is 8.07. The van der Waals surface area contributed by atoms with Gasteiger partial charge in [0, 0.05) is 6.04 Å². The van der Waals surface area contributed by atoms with Gasteiger partial charge in [0.25, 0.3) is 0 Å². The summed E-state index contributed by atoms with van der Waals surface area (Å²) >= 11 is 0. The maximum absolute atomic E-state index is 12.2. The zero-order chi connectivity index (χ0) is 16.8. The molecule has 0 fully saturated rings. The summed E-state index contributed by atoms with van der Waals surface area (Å²) in [5.74, 6) is -0.293. The first-order valence-corrected chi connectivity index (χ1v) is 8.07. The zero-order valence-corrected chi connectivity index (χ0v) is 13.9. The van der Waals surface area contributed by atoms with Crippen molar-refractivity contribution in [3.63, 3.8) is 0 Å². The Hall–Kier alpha value is -2.36. The lowest BCUT2D eigenvalue weighted by Crippen LogP contribution is -2.47. The number of amides is 2. The third-order valence-electron chi connectivity index (χ3n) is 4.00. The summed E-state index contributed by atoms with van der Waals surface area (Å²) in [6.45, 7) is 5.66. The maximum Gasteiger partial charge on any atom is 0.242 e. The first kappa shape index (κ1) is 17.0. The van der Waals surface area contributed by atoms with Crippen LogP contribution in [0.2, 0.25) is 0 Å². The van der Waals surface area contributed by atoms with Gasteiger partial charge in [0.2, 0.25) is 11.8 Å². The van der Waals surface area contributed by atoms with Gasteiger partial charge in [-0.3, -0.25) is 9.59 Å². The lowest BCUT2D eigenvalue weighted by Gasteiger charge is -2.17. The first-order chi connectivity index (χ1) is 11.0. The van der Waals surface area contributed by atoms with Crippen LogP contribution in [0.15, 0.2) is 42.5 Å². The van der Waals surface area contributed by atoms with E-state index in [1.165, 1.54) is 0 Å². The average Bonchev–Trinajstić information content (AvgIpc) is 2.54. The van der Waals surface area contributed by atoms with Gasteiger partial charge < -0.3 is 10.6 Å². The third-order valence-corrected chi connectivity index (χ3v) is 4.00. The van der Waals surface area contributed by atoms with Gasteiger partial charge in [-0.25, -0.2) is 0 Å². The monoisotopic (exact) mass is 312 g/mol. The fourth-order valence-electron chi connectivity index (χ4n) is 2.45. The van der Waals surface area contributed by atoms with Crippen LogP contribution in [0.3, 0.4) is 0 Å². The van der Waals surface area contributed by atoms with Gasteiger partial charge in [0.15, 0.2) is 0 Å². The number of hydrogen-bond donors (Lipinski definition) is 2. The van der Waals surface area contributed by atoms with Crippen LogP contribution in [0, 0.1) is 0 Å². The van der Waals surface area contributed by atoms with Gasteiger partial charge in [-0.2, -0.15) is 0 Å². The molecular weight excluding hydrogens is 288 g/mol. The Labute approximate surface area is 137 Å². The molecule has 0 heterocycles. The Balaban J connectivity index is 2.00. The Morgan fingerprint density at radius 2 is 1.70 bits per heavy atom. The predicted octanol–water partition coefficient (Wildman–Crippen LogP) is 2.80. The molecule has 2 N–H and O–H groups in total. The van der Waals surface area contributed by atoms with Crippen molar-refractivity contribution in [3.05, 3.63) is 48.0 Å². The van der Waals surface area contributed by atoms with Gasteiger partial charge in [-0.05, 0) is 36.6 Å². The molecule has 0 spiro atoms. The minimum absolute atomic E-state index is 0.111. The molecule has 23 heavy (non-hydrogen) atoms. The fourth-order valence-corrected chi connectivity index (χ4v) is 2.45. The second-order valence-corrected chi connectivity index (χ2v) is 5.92. The molecule has 0 saturated carbocycles. The molecule has 0 bridgehead atoms. The van der Waals surface area contributed by atoms with Crippen molar-refractivity contribution in [2.24, 2.45) is 0 Å². The van der Waals surface area contributed by atoms with Crippen LogP contribution in [-0.4, -0.2) is 23.9 Å². The summed E-state index contributed by atoms with van der Waals surface area (Å²) in [6.07, 6.45) is 1.13. The number of carbonyl (C=O) groups excluding carboxylic acids is 2. The van der Waals surface area contributed by atoms with Crippen LogP contribution in [0.5, 0.6) is 0 Å². The largest absolute Gasteiger partial charge is 0.352 e. The number of nitrogens with one attached hydrogen (secondary N) is 2. The maximum atomic E-state index is 12.2. The quantitative estimate of drug-likeness (QED) is 0.861. The van der Waals surface area contributed by atoms with Crippen molar-refractivity contribution in [1.29, 1.82) is 0 Å². The minimum Gasteiger partial charge on any atom is -0.352 e. The zero-order valence-electron chi connectivity index (χ0n) is 13.9. The van der Waals surface area contributed by atoms with Crippen molar-refractivity contribution in [2.75, 3.05) is 0 Å². The van der Waals surface area contributed by atoms with Crippen molar-refractivity contribution in [1.82, 2.24) is 10.6 Å². The smallest absolute Gasteiger partial charge is 0.242 e. The molecule has 4 heteroatoms. The van der Waals surface area contributed by atoms with Gasteiger partial charge in [-0.15, -0.1) is 0 Å². The predicted molar refractivity (Wildman–Crippen MR) is 93.2 cm³/mol. The van der Waals surface area contributed by atoms with E-state index in [0.717, 1.165) is 22.8 Å². The van der Waals surface area contributed by atoms with Crippen LogP contribution >= 0.6 is 0 Å². The number of rotatable bonds is 6. The van der Waals surface area contributed by atoms with E-state index >= 15 is 0 Å². The van der Waals surface area contributed by atoms with Crippen LogP contribution < -0.4 is 10.6 Å². The van der Waals surface area contributed by atoms with Gasteiger partial charge in [0.1, 0.15) is 6.04 Å². The van der Waals surface area contributed by atoms with Crippen LogP contribution in [0.25, 0.3) is 10.8 Å². The molecule has 0 aliphatic rings. The minimum atomic E-state index is -0.536. The highest BCUT2D eigenvalue weighted by atomic mass is 16.2. The van der Waals surface area contributed by atoms with Gasteiger partial charge in [0.05, 0.1) is 6.42 Å². The topological polar surface area (TPSA) is 58.2 Å². The third kappa shape index (κ3) is 4.55. The molecule has 0 aliphatic heterocycles. The van der Waals surface area contributed by atoms with E-state index in [0.29, 0.717) is 0 Å². The highest BCUT2D eigenvalue weighted by molar-refractivity contribution is 5.92. The Morgan fingerprint density at radius 1 is 1.00 bits per heavy atom.